The molecule has 0 spiro atoms. The third kappa shape index (κ3) is 4.77. The summed E-state index contributed by atoms with van der Waals surface area (Å²) in [5.74, 6) is -3.95. The van der Waals surface area contributed by atoms with Crippen LogP contribution in [0.5, 0.6) is 0 Å². The first-order valence-corrected chi connectivity index (χ1v) is 5.79. The van der Waals surface area contributed by atoms with Gasteiger partial charge in [-0.3, -0.25) is 14.4 Å². The minimum Gasteiger partial charge on any atom is -0.475 e. The molecule has 0 aromatic heterocycles. The fraction of sp³-hybridized carbons (Fsp3) is 0.308. The van der Waals surface area contributed by atoms with Gasteiger partial charge in [0.25, 0.3) is 5.91 Å². The normalized spacial score (nSPS) is 10.1. The van der Waals surface area contributed by atoms with Crippen LogP contribution in [-0.4, -0.2) is 41.5 Å². The number of benzene rings is 1. The summed E-state index contributed by atoms with van der Waals surface area (Å²) >= 11 is 0. The van der Waals surface area contributed by atoms with Gasteiger partial charge in [0.05, 0.1) is 20.1 Å². The number of carbonyl (C=O) groups excluding carboxylic acids is 2. The number of Topliss-reactive ketones (excluding diaryl/α,β-unsaturated/α-hetero) is 1. The molecular weight excluding hydrogens is 269 g/mol. The third-order valence-electron chi connectivity index (χ3n) is 2.57. The number of hydrogen-bond donors (Lipinski definition) is 1. The highest BCUT2D eigenvalue weighted by Crippen LogP contribution is 2.06. The number of hydrogen-bond acceptors (Lipinski definition) is 4. The lowest BCUT2D eigenvalue weighted by Crippen LogP contribution is -2.34. The van der Waals surface area contributed by atoms with Gasteiger partial charge in [-0.2, -0.15) is 0 Å². The topological polar surface area (TPSA) is 83.9 Å². The predicted molar refractivity (Wildman–Crippen MR) is 66.1 cm³/mol. The molecule has 0 aliphatic carbocycles. The minimum absolute atomic E-state index is 0.133. The zero-order chi connectivity index (χ0) is 15.1. The number of amides is 1. The molecule has 0 atom stereocenters. The first-order valence-electron chi connectivity index (χ1n) is 5.79. The van der Waals surface area contributed by atoms with Crippen molar-refractivity contribution in [2.45, 2.75) is 12.8 Å². The molecule has 0 unspecified atom stereocenters. The lowest BCUT2D eigenvalue weighted by molar-refractivity contribution is -0.177. The van der Waals surface area contributed by atoms with Crippen molar-refractivity contribution in [3.63, 3.8) is 0 Å². The number of ketones is 1. The van der Waals surface area contributed by atoms with Gasteiger partial charge in [0.1, 0.15) is 5.82 Å². The zero-order valence-corrected chi connectivity index (χ0v) is 10.8. The lowest BCUT2D eigenvalue weighted by Gasteiger charge is -2.19. The van der Waals surface area contributed by atoms with E-state index in [0.717, 1.165) is 10.6 Å². The second-order valence-corrected chi connectivity index (χ2v) is 3.96. The van der Waals surface area contributed by atoms with Crippen molar-refractivity contribution in [3.8, 4) is 0 Å². The van der Waals surface area contributed by atoms with Crippen LogP contribution in [0.4, 0.5) is 4.39 Å². The van der Waals surface area contributed by atoms with Crippen molar-refractivity contribution in [2.24, 2.45) is 0 Å². The second kappa shape index (κ2) is 7.34. The maximum atomic E-state index is 12.7. The minimum atomic E-state index is -1.66. The number of carboxylic acid groups (broad SMARTS) is 1. The summed E-state index contributed by atoms with van der Waals surface area (Å²) in [5.41, 5.74) is 0.783. The van der Waals surface area contributed by atoms with Crippen molar-refractivity contribution in [3.05, 3.63) is 35.6 Å². The van der Waals surface area contributed by atoms with Crippen molar-refractivity contribution < 1.29 is 28.7 Å². The molecule has 0 bridgehead atoms. The highest BCUT2D eigenvalue weighted by atomic mass is 19.1. The fourth-order valence-electron chi connectivity index (χ4n) is 1.50. The van der Waals surface area contributed by atoms with E-state index < -0.39 is 24.1 Å². The first-order chi connectivity index (χ1) is 9.43. The van der Waals surface area contributed by atoms with Crippen LogP contribution in [0.15, 0.2) is 24.3 Å². The fourth-order valence-corrected chi connectivity index (χ4v) is 1.50. The molecule has 1 amide bonds. The van der Waals surface area contributed by atoms with E-state index in [0.29, 0.717) is 6.42 Å². The van der Waals surface area contributed by atoms with E-state index in [1.54, 1.807) is 12.1 Å². The average Bonchev–Trinajstić information content (AvgIpc) is 2.41. The summed E-state index contributed by atoms with van der Waals surface area (Å²) in [6.45, 7) is 0.133. The molecule has 0 saturated carbocycles. The van der Waals surface area contributed by atoms with Gasteiger partial charge in [-0.05, 0) is 24.1 Å². The predicted octanol–water partition coefficient (Wildman–Crippen LogP) is 0.802. The Labute approximate surface area is 114 Å². The number of hydroxylamine groups is 2. The smallest absolute Gasteiger partial charge is 0.372 e. The third-order valence-corrected chi connectivity index (χ3v) is 2.57. The summed E-state index contributed by atoms with van der Waals surface area (Å²) in [4.78, 5) is 37.7. The molecule has 6 nitrogen and oxygen atoms in total. The highest BCUT2D eigenvalue weighted by molar-refractivity contribution is 6.36. The van der Waals surface area contributed by atoms with Gasteiger partial charge in [-0.1, -0.05) is 12.1 Å². The van der Waals surface area contributed by atoms with Crippen molar-refractivity contribution in [2.75, 3.05) is 13.7 Å². The monoisotopic (exact) mass is 283 g/mol. The zero-order valence-electron chi connectivity index (χ0n) is 10.8. The van der Waals surface area contributed by atoms with Crippen LogP contribution in [0.25, 0.3) is 0 Å². The van der Waals surface area contributed by atoms with E-state index in [9.17, 15) is 18.8 Å². The van der Waals surface area contributed by atoms with Gasteiger partial charge in [0.2, 0.25) is 5.78 Å². The van der Waals surface area contributed by atoms with Crippen LogP contribution in [0.2, 0.25) is 0 Å². The van der Waals surface area contributed by atoms with E-state index >= 15 is 0 Å². The molecule has 20 heavy (non-hydrogen) atoms. The molecule has 0 saturated heterocycles. The van der Waals surface area contributed by atoms with E-state index in [1.165, 1.54) is 19.2 Å². The number of carboxylic acids is 1. The molecule has 108 valence electrons. The maximum Gasteiger partial charge on any atom is 0.372 e. The van der Waals surface area contributed by atoms with Gasteiger partial charge in [0.15, 0.2) is 0 Å². The molecule has 0 aliphatic rings. The highest BCUT2D eigenvalue weighted by Gasteiger charge is 2.21. The van der Waals surface area contributed by atoms with E-state index in [-0.39, 0.29) is 12.4 Å². The standard InChI is InChI=1S/C13H14FNO5/c1-20-15(12(17)8-11(16)13(18)19)7-6-9-2-4-10(14)5-3-9/h2-5H,6-8H2,1H3,(H,18,19). The van der Waals surface area contributed by atoms with E-state index in [1.807, 2.05) is 0 Å². The maximum absolute atomic E-state index is 12.7. The van der Waals surface area contributed by atoms with E-state index in [2.05, 4.69) is 0 Å². The molecule has 0 aliphatic heterocycles. The number of nitrogens with zero attached hydrogens (tertiary/aromatic N) is 1. The Morgan fingerprint density at radius 1 is 1.25 bits per heavy atom. The van der Waals surface area contributed by atoms with Crippen LogP contribution in [-0.2, 0) is 25.6 Å². The van der Waals surface area contributed by atoms with Gasteiger partial charge < -0.3 is 5.11 Å². The molecule has 1 aromatic rings. The van der Waals surface area contributed by atoms with Crippen molar-refractivity contribution >= 4 is 17.7 Å². The second-order valence-electron chi connectivity index (χ2n) is 3.96. The quantitative estimate of drug-likeness (QED) is 0.454. The van der Waals surface area contributed by atoms with Crippen molar-refractivity contribution in [1.82, 2.24) is 5.06 Å². The van der Waals surface area contributed by atoms with Crippen molar-refractivity contribution in [1.29, 1.82) is 0 Å². The summed E-state index contributed by atoms with van der Waals surface area (Å²) in [7, 11) is 1.24. The Morgan fingerprint density at radius 3 is 2.35 bits per heavy atom. The number of rotatable bonds is 7. The summed E-state index contributed by atoms with van der Waals surface area (Å²) in [5, 5.41) is 9.33. The van der Waals surface area contributed by atoms with Crippen LogP contribution in [0, 0.1) is 5.82 Å². The molecule has 7 heteroatoms. The number of halogens is 1. The summed E-state index contributed by atoms with van der Waals surface area (Å²) < 4.78 is 12.7. The molecule has 1 N–H and O–H groups in total. The summed E-state index contributed by atoms with van der Waals surface area (Å²) in [6, 6.07) is 5.72. The Balaban J connectivity index is 2.54. The Bertz CT molecular complexity index is 500. The average molecular weight is 283 g/mol. The van der Waals surface area contributed by atoms with Crippen LogP contribution in [0.1, 0.15) is 12.0 Å². The molecule has 0 fully saturated rings. The van der Waals surface area contributed by atoms with Gasteiger partial charge in [-0.25, -0.2) is 14.2 Å². The lowest BCUT2D eigenvalue weighted by atomic mass is 10.1. The summed E-state index contributed by atoms with van der Waals surface area (Å²) in [6.07, 6.45) is -0.367. The SMILES string of the molecule is CON(CCc1ccc(F)cc1)C(=O)CC(=O)C(=O)O. The first kappa shape index (κ1) is 15.8. The van der Waals surface area contributed by atoms with E-state index in [4.69, 9.17) is 9.94 Å². The van der Waals surface area contributed by atoms with Gasteiger partial charge >= 0.3 is 5.97 Å². The van der Waals surface area contributed by atoms with Crippen LogP contribution in [0.3, 0.4) is 0 Å². The van der Waals surface area contributed by atoms with Gasteiger partial charge in [-0.15, -0.1) is 0 Å². The molecule has 0 radical (unpaired) electrons. The molecule has 1 rings (SSSR count). The largest absolute Gasteiger partial charge is 0.475 e. The number of carbonyl (C=O) groups is 3. The van der Waals surface area contributed by atoms with Crippen LogP contribution < -0.4 is 0 Å². The molecule has 1 aromatic carbocycles. The number of aliphatic carboxylic acids is 1. The Morgan fingerprint density at radius 2 is 1.85 bits per heavy atom. The molecular formula is C13H14FNO5. The molecule has 0 heterocycles. The van der Waals surface area contributed by atoms with Crippen LogP contribution >= 0.6 is 0 Å². The Hall–Kier alpha value is -2.28. The Kier molecular flexibility index (Phi) is 5.79. The van der Waals surface area contributed by atoms with Gasteiger partial charge in [0, 0.05) is 0 Å².